The molecule has 1 atom stereocenters. The number of piperazine rings is 1. The Bertz CT molecular complexity index is 2720. The summed E-state index contributed by atoms with van der Waals surface area (Å²) in [5.41, 5.74) is 2.83. The second-order valence-corrected chi connectivity index (χ2v) is 16.9. The molecule has 5 amide bonds. The van der Waals surface area contributed by atoms with E-state index >= 15 is 4.39 Å². The van der Waals surface area contributed by atoms with Crippen molar-refractivity contribution < 1.29 is 37.8 Å². The lowest BCUT2D eigenvalue weighted by Gasteiger charge is -2.38. The number of methoxy groups -OCH3 is 1. The number of aryl methyl sites for hydroxylation is 1. The van der Waals surface area contributed by atoms with E-state index < -0.39 is 29.7 Å². The van der Waals surface area contributed by atoms with Crippen molar-refractivity contribution in [1.29, 1.82) is 5.26 Å². The molecule has 3 fully saturated rings. The second-order valence-electron chi connectivity index (χ2n) is 16.9. The number of aromatic nitrogens is 3. The lowest BCUT2D eigenvalue weighted by atomic mass is 9.93. The van der Waals surface area contributed by atoms with Crippen LogP contribution in [0.2, 0.25) is 0 Å². The number of hydrogen-bond acceptors (Lipinski definition) is 13. The molecule has 2 aromatic heterocycles. The van der Waals surface area contributed by atoms with Crippen molar-refractivity contribution in [2.75, 3.05) is 80.8 Å². The number of benzene rings is 3. The number of anilines is 3. The highest BCUT2D eigenvalue weighted by molar-refractivity contribution is 6.23. The first kappa shape index (κ1) is 44.0. The van der Waals surface area contributed by atoms with Crippen LogP contribution in [0.4, 0.5) is 26.5 Å². The Labute approximate surface area is 381 Å². The summed E-state index contributed by atoms with van der Waals surface area (Å²) < 4.78 is 34.2. The molecule has 0 unspecified atom stereocenters. The van der Waals surface area contributed by atoms with Gasteiger partial charge in [-0.05, 0) is 92.7 Å². The lowest BCUT2D eigenvalue weighted by Crippen LogP contribution is -2.49. The molecule has 17 nitrogen and oxygen atoms in total. The molecule has 1 N–H and O–H groups in total. The van der Waals surface area contributed by atoms with Gasteiger partial charge in [-0.15, -0.1) is 0 Å². The van der Waals surface area contributed by atoms with Crippen LogP contribution in [-0.2, 0) is 11.8 Å². The summed E-state index contributed by atoms with van der Waals surface area (Å²) in [6.45, 7) is 8.41. The van der Waals surface area contributed by atoms with Gasteiger partial charge in [-0.1, -0.05) is 6.07 Å². The molecule has 0 aliphatic carbocycles. The maximum Gasteiger partial charge on any atom is 0.329 e. The Balaban J connectivity index is 0.761. The minimum atomic E-state index is -0.813. The number of halogens is 1. The summed E-state index contributed by atoms with van der Waals surface area (Å²) >= 11 is 0. The molecular formula is C48H51FN10O7. The van der Waals surface area contributed by atoms with Gasteiger partial charge < -0.3 is 24.0 Å². The molecule has 18 heteroatoms. The largest absolute Gasteiger partial charge is 0.493 e. The van der Waals surface area contributed by atoms with Crippen molar-refractivity contribution in [2.24, 2.45) is 13.0 Å². The third-order valence-electron chi connectivity index (χ3n) is 13.0. The maximum atomic E-state index is 15.4. The SMILES string of the molecule is CCOc1cc([C@@H](CC#N)N2C(=O)c3ccnc(N4CCC(CCN5CCN(c6ccc(Oc7cc8c(cc7F)c(N7CCC(=O)NC7=O)nn8C)cc6)CC5)CC4)c3C2=O)ccc1OC. The lowest BCUT2D eigenvalue weighted by molar-refractivity contribution is -0.120. The molecule has 0 saturated carbocycles. The Kier molecular flexibility index (Phi) is 12.4. The zero-order chi connectivity index (χ0) is 46.1. The number of pyridine rings is 1. The number of nitrogens with zero attached hydrogens (tertiary/aromatic N) is 9. The number of nitriles is 1. The van der Waals surface area contributed by atoms with E-state index in [1.165, 1.54) is 15.9 Å². The third-order valence-corrected chi connectivity index (χ3v) is 13.0. The number of ether oxygens (including phenoxy) is 3. The summed E-state index contributed by atoms with van der Waals surface area (Å²) in [7, 11) is 3.25. The third kappa shape index (κ3) is 8.53. The normalized spacial score (nSPS) is 17.6. The summed E-state index contributed by atoms with van der Waals surface area (Å²) in [5, 5.41) is 17.0. The minimum Gasteiger partial charge on any atom is -0.493 e. The molecular weight excluding hydrogens is 848 g/mol. The average Bonchev–Trinajstić information content (AvgIpc) is 3.78. The van der Waals surface area contributed by atoms with Crippen LogP contribution in [0.1, 0.15) is 71.3 Å². The molecule has 66 heavy (non-hydrogen) atoms. The van der Waals surface area contributed by atoms with Crippen LogP contribution >= 0.6 is 0 Å². The zero-order valence-corrected chi connectivity index (χ0v) is 37.2. The van der Waals surface area contributed by atoms with Crippen LogP contribution < -0.4 is 34.2 Å². The Hall–Kier alpha value is -7.26. The molecule has 0 spiro atoms. The van der Waals surface area contributed by atoms with Gasteiger partial charge in [0.05, 0.1) is 48.9 Å². The summed E-state index contributed by atoms with van der Waals surface area (Å²) in [6, 6.07) is 18.1. The fraction of sp³-hybridized carbons (Fsp3) is 0.396. The van der Waals surface area contributed by atoms with Crippen molar-refractivity contribution in [1.82, 2.24) is 29.9 Å². The molecule has 6 heterocycles. The van der Waals surface area contributed by atoms with Crippen LogP contribution in [0.25, 0.3) is 10.9 Å². The monoisotopic (exact) mass is 898 g/mol. The highest BCUT2D eigenvalue weighted by Crippen LogP contribution is 2.41. The number of amides is 5. The Morgan fingerprint density at radius 3 is 2.36 bits per heavy atom. The number of fused-ring (bicyclic) bond motifs is 2. The number of urea groups is 1. The van der Waals surface area contributed by atoms with Gasteiger partial charge in [-0.2, -0.15) is 10.4 Å². The molecule has 342 valence electrons. The first-order chi connectivity index (χ1) is 32.0. The van der Waals surface area contributed by atoms with Gasteiger partial charge in [0.25, 0.3) is 11.8 Å². The highest BCUT2D eigenvalue weighted by Gasteiger charge is 2.44. The Morgan fingerprint density at radius 2 is 1.65 bits per heavy atom. The number of nitrogens with one attached hydrogen (secondary N) is 1. The van der Waals surface area contributed by atoms with Crippen LogP contribution in [0.3, 0.4) is 0 Å². The molecule has 0 radical (unpaired) electrons. The molecule has 9 rings (SSSR count). The van der Waals surface area contributed by atoms with Crippen molar-refractivity contribution in [3.63, 3.8) is 0 Å². The van der Waals surface area contributed by atoms with E-state index in [0.29, 0.717) is 63.2 Å². The van der Waals surface area contributed by atoms with Crippen molar-refractivity contribution in [3.05, 3.63) is 89.4 Å². The number of carbonyl (C=O) groups excluding carboxylic acids is 4. The first-order valence-corrected chi connectivity index (χ1v) is 22.4. The van der Waals surface area contributed by atoms with E-state index in [2.05, 4.69) is 36.2 Å². The number of hydrogen-bond donors (Lipinski definition) is 1. The average molecular weight is 899 g/mol. The van der Waals surface area contributed by atoms with Crippen molar-refractivity contribution >= 4 is 52.0 Å². The van der Waals surface area contributed by atoms with Crippen molar-refractivity contribution in [3.8, 4) is 29.1 Å². The Morgan fingerprint density at radius 1 is 0.879 bits per heavy atom. The van der Waals surface area contributed by atoms with Gasteiger partial charge in [0.2, 0.25) is 5.91 Å². The minimum absolute atomic E-state index is 0.0328. The van der Waals surface area contributed by atoms with E-state index in [1.54, 1.807) is 55.4 Å². The summed E-state index contributed by atoms with van der Waals surface area (Å²) in [4.78, 5) is 66.3. The van der Waals surface area contributed by atoms with Crippen LogP contribution in [0, 0.1) is 23.1 Å². The van der Waals surface area contributed by atoms with Crippen LogP contribution in [0.5, 0.6) is 23.0 Å². The van der Waals surface area contributed by atoms with Gasteiger partial charge in [-0.25, -0.2) is 14.2 Å². The van der Waals surface area contributed by atoms with E-state index in [9.17, 15) is 24.4 Å². The van der Waals surface area contributed by atoms with Gasteiger partial charge in [-0.3, -0.25) is 39.1 Å². The number of carbonyl (C=O) groups is 4. The van der Waals surface area contributed by atoms with Crippen LogP contribution in [-0.4, -0.2) is 114 Å². The second kappa shape index (κ2) is 18.7. The quantitative estimate of drug-likeness (QED) is 0.121. The smallest absolute Gasteiger partial charge is 0.329 e. The number of imide groups is 2. The standard InChI is InChI=1S/C48H51FN10O7/c1-4-65-41-27-31(5-10-39(41)64-3)37(11-17-50)59-46(61)34-12-18-51-45(43(34)47(59)62)57-20-14-30(15-21-57)13-19-55-23-25-56(26-24-55)32-6-8-33(9-7-32)66-40-29-38-35(28-36(40)49)44(53-54(38)2)58-22-16-42(60)52-48(58)63/h5-10,12,18,27-30,37H,4,11,13-16,19-26H2,1-3H3,(H,52,60,63)/t37-/m1/s1. The maximum absolute atomic E-state index is 15.4. The molecule has 3 aromatic carbocycles. The fourth-order valence-corrected chi connectivity index (χ4v) is 9.48. The van der Waals surface area contributed by atoms with E-state index in [0.717, 1.165) is 70.8 Å². The topological polar surface area (TPSA) is 179 Å². The highest BCUT2D eigenvalue weighted by atomic mass is 19.1. The van der Waals surface area contributed by atoms with Crippen LogP contribution in [0.15, 0.2) is 66.9 Å². The van der Waals surface area contributed by atoms with Gasteiger partial charge in [0, 0.05) is 82.6 Å². The van der Waals surface area contributed by atoms with Gasteiger partial charge in [0.15, 0.2) is 28.9 Å². The van der Waals surface area contributed by atoms with E-state index in [1.807, 2.05) is 31.2 Å². The fourth-order valence-electron chi connectivity index (χ4n) is 9.48. The zero-order valence-electron chi connectivity index (χ0n) is 37.2. The van der Waals surface area contributed by atoms with E-state index in [4.69, 9.17) is 14.2 Å². The molecule has 5 aromatic rings. The number of rotatable bonds is 14. The predicted octanol–water partition coefficient (Wildman–Crippen LogP) is 6.43. The van der Waals surface area contributed by atoms with Gasteiger partial charge >= 0.3 is 6.03 Å². The molecule has 4 aliphatic heterocycles. The summed E-state index contributed by atoms with van der Waals surface area (Å²) in [6.07, 6.45) is 4.58. The predicted molar refractivity (Wildman–Crippen MR) is 243 cm³/mol. The molecule has 3 saturated heterocycles. The number of piperidine rings is 1. The van der Waals surface area contributed by atoms with Gasteiger partial charge in [0.1, 0.15) is 11.6 Å². The molecule has 4 aliphatic rings. The first-order valence-electron chi connectivity index (χ1n) is 22.4. The van der Waals surface area contributed by atoms with E-state index in [-0.39, 0.29) is 36.9 Å². The molecule has 0 bridgehead atoms. The van der Waals surface area contributed by atoms with Crippen molar-refractivity contribution in [2.45, 2.75) is 45.1 Å². The summed E-state index contributed by atoms with van der Waals surface area (Å²) in [5.74, 6) is 0.973.